The van der Waals surface area contributed by atoms with Crippen LogP contribution in [0.1, 0.15) is 21.2 Å². The van der Waals surface area contributed by atoms with Crippen molar-refractivity contribution >= 4 is 11.8 Å². The van der Waals surface area contributed by atoms with Crippen molar-refractivity contribution in [2.45, 2.75) is 6.04 Å². The van der Waals surface area contributed by atoms with Crippen LogP contribution in [-0.4, -0.2) is 101 Å². The topological polar surface area (TPSA) is 97.5 Å². The SMILES string of the molecule is CNC(=O)c1n[nH]c(C(=O)N2CC(N3CCN(C)CC3)C2)n1. The molecule has 2 N–H and O–H groups in total. The number of nitrogens with one attached hydrogen (secondary N) is 2. The minimum absolute atomic E-state index is 0.0120. The first kappa shape index (κ1) is 14.9. The number of hydrogen-bond acceptors (Lipinski definition) is 6. The maximum Gasteiger partial charge on any atom is 0.291 e. The first-order chi connectivity index (χ1) is 10.6. The van der Waals surface area contributed by atoms with E-state index in [9.17, 15) is 9.59 Å². The van der Waals surface area contributed by atoms with Gasteiger partial charge in [0, 0.05) is 52.4 Å². The second-order valence-corrected chi connectivity index (χ2v) is 5.79. The molecule has 0 aromatic carbocycles. The third kappa shape index (κ3) is 2.81. The molecule has 2 fully saturated rings. The second-order valence-electron chi connectivity index (χ2n) is 5.79. The number of piperazine rings is 1. The van der Waals surface area contributed by atoms with Gasteiger partial charge in [0.1, 0.15) is 0 Å². The summed E-state index contributed by atoms with van der Waals surface area (Å²) >= 11 is 0. The highest BCUT2D eigenvalue weighted by Gasteiger charge is 2.37. The third-order valence-electron chi connectivity index (χ3n) is 4.32. The summed E-state index contributed by atoms with van der Waals surface area (Å²) in [5.74, 6) is -0.500. The fraction of sp³-hybridized carbons (Fsp3) is 0.692. The highest BCUT2D eigenvalue weighted by Crippen LogP contribution is 2.18. The average molecular weight is 307 g/mol. The van der Waals surface area contributed by atoms with Gasteiger partial charge in [-0.2, -0.15) is 4.98 Å². The minimum atomic E-state index is -0.408. The molecule has 120 valence electrons. The van der Waals surface area contributed by atoms with Crippen molar-refractivity contribution in [2.24, 2.45) is 0 Å². The molecular formula is C13H21N7O2. The van der Waals surface area contributed by atoms with Crippen molar-refractivity contribution < 1.29 is 9.59 Å². The van der Waals surface area contributed by atoms with Crippen LogP contribution in [0.15, 0.2) is 0 Å². The van der Waals surface area contributed by atoms with Gasteiger partial charge in [-0.15, -0.1) is 5.10 Å². The number of likely N-dealkylation sites (N-methyl/N-ethyl adjacent to an activating group) is 1. The molecule has 2 aliphatic rings. The Morgan fingerprint density at radius 3 is 2.55 bits per heavy atom. The van der Waals surface area contributed by atoms with Crippen LogP contribution in [0.5, 0.6) is 0 Å². The van der Waals surface area contributed by atoms with Gasteiger partial charge >= 0.3 is 0 Å². The number of carbonyl (C=O) groups excluding carboxylic acids is 2. The van der Waals surface area contributed by atoms with Gasteiger partial charge in [-0.3, -0.25) is 19.6 Å². The zero-order chi connectivity index (χ0) is 15.7. The lowest BCUT2D eigenvalue weighted by Gasteiger charge is -2.47. The molecule has 0 spiro atoms. The molecule has 0 bridgehead atoms. The van der Waals surface area contributed by atoms with Gasteiger partial charge in [0.05, 0.1) is 0 Å². The average Bonchev–Trinajstić information content (AvgIpc) is 2.96. The van der Waals surface area contributed by atoms with Gasteiger partial charge in [-0.1, -0.05) is 0 Å². The molecule has 3 heterocycles. The number of nitrogens with zero attached hydrogens (tertiary/aromatic N) is 5. The number of rotatable bonds is 3. The van der Waals surface area contributed by atoms with Crippen LogP contribution in [0.4, 0.5) is 0 Å². The third-order valence-corrected chi connectivity index (χ3v) is 4.32. The highest BCUT2D eigenvalue weighted by molar-refractivity contribution is 5.94. The maximum absolute atomic E-state index is 12.3. The van der Waals surface area contributed by atoms with E-state index in [0.717, 1.165) is 26.2 Å². The Balaban J connectivity index is 1.53. The van der Waals surface area contributed by atoms with Crippen molar-refractivity contribution in [3.63, 3.8) is 0 Å². The van der Waals surface area contributed by atoms with Gasteiger partial charge in [0.25, 0.3) is 11.8 Å². The molecule has 0 unspecified atom stereocenters. The fourth-order valence-electron chi connectivity index (χ4n) is 2.76. The Morgan fingerprint density at radius 1 is 1.23 bits per heavy atom. The van der Waals surface area contributed by atoms with E-state index in [1.807, 2.05) is 0 Å². The van der Waals surface area contributed by atoms with Crippen LogP contribution >= 0.6 is 0 Å². The van der Waals surface area contributed by atoms with Crippen LogP contribution in [0.2, 0.25) is 0 Å². The first-order valence-electron chi connectivity index (χ1n) is 7.45. The summed E-state index contributed by atoms with van der Waals surface area (Å²) < 4.78 is 0. The second kappa shape index (κ2) is 6.01. The molecule has 0 saturated carbocycles. The van der Waals surface area contributed by atoms with Crippen LogP contribution in [0.3, 0.4) is 0 Å². The molecular weight excluding hydrogens is 286 g/mol. The number of amides is 2. The molecule has 1 aromatic heterocycles. The molecule has 0 radical (unpaired) electrons. The molecule has 2 saturated heterocycles. The van der Waals surface area contributed by atoms with Crippen molar-refractivity contribution in [1.82, 2.24) is 35.2 Å². The number of hydrogen-bond donors (Lipinski definition) is 2. The van der Waals surface area contributed by atoms with Crippen LogP contribution in [0, 0.1) is 0 Å². The Kier molecular flexibility index (Phi) is 4.08. The standard InChI is InChI=1S/C13H21N7O2/c1-14-12(21)10-15-11(17-16-10)13(22)20-7-9(8-20)19-5-3-18(2)4-6-19/h9H,3-8H2,1-2H3,(H,14,21)(H,15,16,17). The molecule has 2 aliphatic heterocycles. The summed E-state index contributed by atoms with van der Waals surface area (Å²) in [6, 6.07) is 0.430. The fourth-order valence-corrected chi connectivity index (χ4v) is 2.76. The summed E-state index contributed by atoms with van der Waals surface area (Å²) in [7, 11) is 3.62. The molecule has 3 rings (SSSR count). The predicted octanol–water partition coefficient (Wildman–Crippen LogP) is -1.76. The number of aromatic nitrogens is 3. The lowest BCUT2D eigenvalue weighted by Crippen LogP contribution is -2.64. The van der Waals surface area contributed by atoms with E-state index in [1.54, 1.807) is 4.90 Å². The number of aromatic amines is 1. The molecule has 9 heteroatoms. The Bertz CT molecular complexity index is 558. The van der Waals surface area contributed by atoms with E-state index in [1.165, 1.54) is 7.05 Å². The molecule has 0 aliphatic carbocycles. The zero-order valence-corrected chi connectivity index (χ0v) is 12.9. The Hall–Kier alpha value is -2.00. The van der Waals surface area contributed by atoms with E-state index in [-0.39, 0.29) is 17.6 Å². The summed E-state index contributed by atoms with van der Waals surface area (Å²) in [6.45, 7) is 5.65. The normalized spacial score (nSPS) is 20.7. The highest BCUT2D eigenvalue weighted by atomic mass is 16.2. The van der Waals surface area contributed by atoms with E-state index < -0.39 is 5.91 Å². The maximum atomic E-state index is 12.3. The summed E-state index contributed by atoms with van der Waals surface area (Å²) in [5.41, 5.74) is 0. The molecule has 9 nitrogen and oxygen atoms in total. The van der Waals surface area contributed by atoms with Crippen molar-refractivity contribution in [3.8, 4) is 0 Å². The minimum Gasteiger partial charge on any atom is -0.352 e. The molecule has 0 atom stereocenters. The lowest BCUT2D eigenvalue weighted by atomic mass is 10.1. The smallest absolute Gasteiger partial charge is 0.291 e. The van der Waals surface area contributed by atoms with Crippen LogP contribution < -0.4 is 5.32 Å². The van der Waals surface area contributed by atoms with E-state index in [0.29, 0.717) is 19.1 Å². The van der Waals surface area contributed by atoms with Gasteiger partial charge in [-0.05, 0) is 7.05 Å². The van der Waals surface area contributed by atoms with Crippen molar-refractivity contribution in [2.75, 3.05) is 53.4 Å². The summed E-state index contributed by atoms with van der Waals surface area (Å²) in [5, 5.41) is 8.72. The van der Waals surface area contributed by atoms with Gasteiger partial charge in [-0.25, -0.2) is 0 Å². The van der Waals surface area contributed by atoms with Gasteiger partial charge in [0.15, 0.2) is 0 Å². The van der Waals surface area contributed by atoms with Crippen molar-refractivity contribution in [1.29, 1.82) is 0 Å². The van der Waals surface area contributed by atoms with Gasteiger partial charge < -0.3 is 15.1 Å². The van der Waals surface area contributed by atoms with E-state index >= 15 is 0 Å². The number of likely N-dealkylation sites (tertiary alicyclic amines) is 1. The monoisotopic (exact) mass is 307 g/mol. The summed E-state index contributed by atoms with van der Waals surface area (Å²) in [4.78, 5) is 34.1. The Morgan fingerprint density at radius 2 is 1.91 bits per heavy atom. The van der Waals surface area contributed by atoms with Crippen molar-refractivity contribution in [3.05, 3.63) is 11.6 Å². The van der Waals surface area contributed by atoms with E-state index in [4.69, 9.17) is 0 Å². The Labute approximate surface area is 128 Å². The van der Waals surface area contributed by atoms with E-state index in [2.05, 4.69) is 37.3 Å². The lowest BCUT2D eigenvalue weighted by molar-refractivity contribution is 0.0103. The number of carbonyl (C=O) groups is 2. The first-order valence-corrected chi connectivity index (χ1v) is 7.45. The molecule has 22 heavy (non-hydrogen) atoms. The molecule has 2 amide bonds. The quantitative estimate of drug-likeness (QED) is 0.686. The van der Waals surface area contributed by atoms with Gasteiger partial charge in [0.2, 0.25) is 11.6 Å². The van der Waals surface area contributed by atoms with Crippen LogP contribution in [-0.2, 0) is 0 Å². The number of H-pyrrole nitrogens is 1. The van der Waals surface area contributed by atoms with Crippen LogP contribution in [0.25, 0.3) is 0 Å². The largest absolute Gasteiger partial charge is 0.352 e. The predicted molar refractivity (Wildman–Crippen MR) is 78.5 cm³/mol. The summed E-state index contributed by atoms with van der Waals surface area (Å²) in [6.07, 6.45) is 0. The zero-order valence-electron chi connectivity index (χ0n) is 12.9. The molecule has 1 aromatic rings.